The van der Waals surface area contributed by atoms with E-state index < -0.39 is 16.0 Å². The van der Waals surface area contributed by atoms with Gasteiger partial charge in [-0.15, -0.1) is 0 Å². The zero-order valence-corrected chi connectivity index (χ0v) is 13.1. The van der Waals surface area contributed by atoms with Gasteiger partial charge in [-0.2, -0.15) is 8.42 Å². The van der Waals surface area contributed by atoms with Crippen molar-refractivity contribution in [1.29, 1.82) is 0 Å². The molecule has 0 fully saturated rings. The smallest absolute Gasteiger partial charge is 0.337 e. The third-order valence-electron chi connectivity index (χ3n) is 2.52. The van der Waals surface area contributed by atoms with Crippen molar-refractivity contribution in [2.45, 2.75) is 11.9 Å². The van der Waals surface area contributed by atoms with Crippen LogP contribution in [0.1, 0.15) is 16.1 Å². The molecule has 2 N–H and O–H groups in total. The van der Waals surface area contributed by atoms with Crippen LogP contribution in [0.15, 0.2) is 40.0 Å². The van der Waals surface area contributed by atoms with Crippen molar-refractivity contribution in [1.82, 2.24) is 9.97 Å². The molecule has 0 spiro atoms. The maximum Gasteiger partial charge on any atom is 0.337 e. The van der Waals surface area contributed by atoms with Gasteiger partial charge in [-0.3, -0.25) is 4.72 Å². The molecule has 0 atom stereocenters. The van der Waals surface area contributed by atoms with Crippen LogP contribution in [0.25, 0.3) is 0 Å². The Labute approximate surface area is 129 Å². The number of nitrogens with one attached hydrogen (secondary N) is 1. The number of hydrogen-bond donors (Lipinski definition) is 2. The molecule has 2 aromatic heterocycles. The van der Waals surface area contributed by atoms with E-state index in [4.69, 9.17) is 5.11 Å². The molecule has 7 nitrogen and oxygen atoms in total. The van der Waals surface area contributed by atoms with Gasteiger partial charge in [0.05, 0.1) is 11.3 Å². The second kappa shape index (κ2) is 5.78. The first kappa shape index (κ1) is 15.4. The quantitative estimate of drug-likeness (QED) is 0.850. The normalized spacial score (nSPS) is 11.1. The zero-order valence-electron chi connectivity index (χ0n) is 10.7. The third-order valence-corrected chi connectivity index (χ3v) is 4.63. The zero-order chi connectivity index (χ0) is 15.6. The summed E-state index contributed by atoms with van der Waals surface area (Å²) in [6.45, 7) is 1.72. The highest BCUT2D eigenvalue weighted by atomic mass is 79.9. The van der Waals surface area contributed by atoms with Gasteiger partial charge in [0.2, 0.25) is 0 Å². The maximum atomic E-state index is 12.1. The molecule has 2 aromatic rings. The molecule has 0 unspecified atom stereocenters. The second-order valence-electron chi connectivity index (χ2n) is 4.06. The van der Waals surface area contributed by atoms with Gasteiger partial charge >= 0.3 is 5.97 Å². The Morgan fingerprint density at radius 3 is 2.52 bits per heavy atom. The van der Waals surface area contributed by atoms with Crippen LogP contribution in [0.3, 0.4) is 0 Å². The highest BCUT2D eigenvalue weighted by molar-refractivity contribution is 9.10. The van der Waals surface area contributed by atoms with Crippen LogP contribution < -0.4 is 4.72 Å². The first-order valence-corrected chi connectivity index (χ1v) is 7.92. The number of aromatic carboxylic acids is 1. The number of carboxylic acid groups (broad SMARTS) is 1. The monoisotopic (exact) mass is 371 g/mol. The minimum atomic E-state index is -3.92. The molecule has 110 valence electrons. The molecular formula is C12H10BrN3O4S. The van der Waals surface area contributed by atoms with Gasteiger partial charge in [0.15, 0.2) is 5.03 Å². The standard InChI is InChI=1S/C12H10BrN3O4S/c1-7-9(13)3-4-10(15-7)16-21(19,20)11-5-2-8(6-14-11)12(17)18/h2-6H,1H3,(H,15,16)(H,17,18). The van der Waals surface area contributed by atoms with Gasteiger partial charge in [0, 0.05) is 10.7 Å². The van der Waals surface area contributed by atoms with E-state index in [1.165, 1.54) is 12.1 Å². The fourth-order valence-electron chi connectivity index (χ4n) is 1.46. The lowest BCUT2D eigenvalue weighted by Gasteiger charge is -2.08. The highest BCUT2D eigenvalue weighted by Gasteiger charge is 2.17. The predicted octanol–water partition coefficient (Wildman–Crippen LogP) is 2.05. The predicted molar refractivity (Wildman–Crippen MR) is 78.7 cm³/mol. The van der Waals surface area contributed by atoms with Crippen LogP contribution in [0.5, 0.6) is 0 Å². The summed E-state index contributed by atoms with van der Waals surface area (Å²) in [5, 5.41) is 8.47. The number of nitrogens with zero attached hydrogens (tertiary/aromatic N) is 2. The molecule has 0 amide bonds. The summed E-state index contributed by atoms with van der Waals surface area (Å²) in [6, 6.07) is 5.46. The molecular weight excluding hydrogens is 362 g/mol. The van der Waals surface area contributed by atoms with Crippen molar-refractivity contribution in [3.63, 3.8) is 0 Å². The number of halogens is 1. The molecule has 0 radical (unpaired) electrons. The largest absolute Gasteiger partial charge is 0.478 e. The fraction of sp³-hybridized carbons (Fsp3) is 0.0833. The Kier molecular flexibility index (Phi) is 4.24. The Morgan fingerprint density at radius 1 is 1.29 bits per heavy atom. The number of sulfonamides is 1. The first-order chi connectivity index (χ1) is 9.79. The van der Waals surface area contributed by atoms with Crippen LogP contribution in [-0.4, -0.2) is 29.5 Å². The van der Waals surface area contributed by atoms with Crippen LogP contribution >= 0.6 is 15.9 Å². The second-order valence-corrected chi connectivity index (χ2v) is 6.54. The maximum absolute atomic E-state index is 12.1. The number of aryl methyl sites for hydroxylation is 1. The molecule has 0 aliphatic heterocycles. The fourth-order valence-corrected chi connectivity index (χ4v) is 2.61. The average molecular weight is 372 g/mol. The molecule has 2 rings (SSSR count). The number of carbonyl (C=O) groups is 1. The minimum absolute atomic E-state index is 0.0911. The summed E-state index contributed by atoms with van der Waals surface area (Å²) in [7, 11) is -3.92. The number of aromatic nitrogens is 2. The molecule has 0 bridgehead atoms. The Balaban J connectivity index is 2.29. The minimum Gasteiger partial charge on any atom is -0.478 e. The van der Waals surface area contributed by atoms with Crippen molar-refractivity contribution in [3.8, 4) is 0 Å². The Bertz CT molecular complexity index is 791. The van der Waals surface area contributed by atoms with Crippen molar-refractivity contribution >= 4 is 37.7 Å². The topological polar surface area (TPSA) is 109 Å². The molecule has 0 saturated carbocycles. The van der Waals surface area contributed by atoms with Crippen molar-refractivity contribution in [3.05, 3.63) is 46.2 Å². The molecule has 0 saturated heterocycles. The van der Waals surface area contributed by atoms with E-state index in [1.54, 1.807) is 13.0 Å². The van der Waals surface area contributed by atoms with E-state index in [0.717, 1.165) is 16.7 Å². The van der Waals surface area contributed by atoms with Gasteiger partial charge in [-0.05, 0) is 47.1 Å². The summed E-state index contributed by atoms with van der Waals surface area (Å²) in [5.74, 6) is -1.02. The van der Waals surface area contributed by atoms with E-state index in [-0.39, 0.29) is 16.4 Å². The van der Waals surface area contributed by atoms with Gasteiger partial charge in [-0.25, -0.2) is 14.8 Å². The summed E-state index contributed by atoms with van der Waals surface area (Å²) < 4.78 is 27.3. The number of anilines is 1. The van der Waals surface area contributed by atoms with E-state index in [0.29, 0.717) is 5.69 Å². The van der Waals surface area contributed by atoms with Gasteiger partial charge in [0.25, 0.3) is 10.0 Å². The lowest BCUT2D eigenvalue weighted by molar-refractivity contribution is 0.0696. The van der Waals surface area contributed by atoms with Gasteiger partial charge in [-0.1, -0.05) is 0 Å². The van der Waals surface area contributed by atoms with Gasteiger partial charge < -0.3 is 5.11 Å². The molecule has 0 aliphatic carbocycles. The number of hydrogen-bond acceptors (Lipinski definition) is 5. The van der Waals surface area contributed by atoms with Crippen LogP contribution in [0.4, 0.5) is 5.82 Å². The van der Waals surface area contributed by atoms with Crippen LogP contribution in [-0.2, 0) is 10.0 Å². The number of rotatable bonds is 4. The Morgan fingerprint density at radius 2 is 2.00 bits per heavy atom. The summed E-state index contributed by atoms with van der Waals surface area (Å²) in [6.07, 6.45) is 0.983. The van der Waals surface area contributed by atoms with Crippen LogP contribution in [0, 0.1) is 6.92 Å². The molecule has 21 heavy (non-hydrogen) atoms. The molecule has 2 heterocycles. The van der Waals surface area contributed by atoms with Crippen molar-refractivity contribution in [2.24, 2.45) is 0 Å². The number of pyridine rings is 2. The summed E-state index contributed by atoms with van der Waals surface area (Å²) >= 11 is 3.27. The molecule has 9 heteroatoms. The van der Waals surface area contributed by atoms with Crippen molar-refractivity contribution in [2.75, 3.05) is 4.72 Å². The number of carboxylic acids is 1. The van der Waals surface area contributed by atoms with E-state index in [9.17, 15) is 13.2 Å². The van der Waals surface area contributed by atoms with E-state index >= 15 is 0 Å². The Hall–Kier alpha value is -2.00. The third kappa shape index (κ3) is 3.56. The first-order valence-electron chi connectivity index (χ1n) is 5.65. The van der Waals surface area contributed by atoms with E-state index in [2.05, 4.69) is 30.6 Å². The van der Waals surface area contributed by atoms with E-state index in [1.807, 2.05) is 0 Å². The van der Waals surface area contributed by atoms with Gasteiger partial charge in [0.1, 0.15) is 5.82 Å². The highest BCUT2D eigenvalue weighted by Crippen LogP contribution is 2.18. The summed E-state index contributed by atoms with van der Waals surface area (Å²) in [5.41, 5.74) is 0.538. The lowest BCUT2D eigenvalue weighted by atomic mass is 10.3. The molecule has 0 aliphatic rings. The molecule has 0 aromatic carbocycles. The SMILES string of the molecule is Cc1nc(NS(=O)(=O)c2ccc(C(=O)O)cn2)ccc1Br. The van der Waals surface area contributed by atoms with Crippen LogP contribution in [0.2, 0.25) is 0 Å². The summed E-state index contributed by atoms with van der Waals surface area (Å²) in [4.78, 5) is 18.4. The van der Waals surface area contributed by atoms with Crippen molar-refractivity contribution < 1.29 is 18.3 Å². The lowest BCUT2D eigenvalue weighted by Crippen LogP contribution is -2.16. The average Bonchev–Trinajstić information content (AvgIpc) is 2.43.